The molecule has 2 aliphatic rings. The maximum atomic E-state index is 12.7. The first-order valence-electron chi connectivity index (χ1n) is 9.26. The highest BCUT2D eigenvalue weighted by Gasteiger charge is 2.39. The number of benzene rings is 1. The largest absolute Gasteiger partial charge is 0.416 e. The third kappa shape index (κ3) is 4.13. The molecular formula is C20H29F3N2. The number of anilines is 1. The minimum absolute atomic E-state index is 0.239. The van der Waals surface area contributed by atoms with Gasteiger partial charge < -0.3 is 4.90 Å². The molecule has 2 nitrogen and oxygen atoms in total. The van der Waals surface area contributed by atoms with Crippen LogP contribution in [0.4, 0.5) is 18.9 Å². The van der Waals surface area contributed by atoms with E-state index in [0.29, 0.717) is 5.41 Å². The lowest BCUT2D eigenvalue weighted by Gasteiger charge is -2.50. The zero-order chi connectivity index (χ0) is 18.3. The highest BCUT2D eigenvalue weighted by Crippen LogP contribution is 2.43. The first kappa shape index (κ1) is 18.6. The molecule has 2 heterocycles. The number of likely N-dealkylation sites (tertiary alicyclic amines) is 1. The normalized spacial score (nSPS) is 22.4. The van der Waals surface area contributed by atoms with Gasteiger partial charge in [-0.15, -0.1) is 0 Å². The number of piperidine rings is 2. The van der Waals surface area contributed by atoms with Gasteiger partial charge in [0.1, 0.15) is 0 Å². The molecule has 0 unspecified atom stereocenters. The minimum atomic E-state index is -4.26. The van der Waals surface area contributed by atoms with E-state index in [0.717, 1.165) is 44.7 Å². The summed E-state index contributed by atoms with van der Waals surface area (Å²) in [6, 6.07) is 5.62. The number of hydrogen-bond acceptors (Lipinski definition) is 2. The van der Waals surface area contributed by atoms with Crippen molar-refractivity contribution in [2.24, 2.45) is 5.41 Å². The Labute approximate surface area is 149 Å². The Kier molecular flexibility index (Phi) is 4.82. The van der Waals surface area contributed by atoms with Crippen molar-refractivity contribution in [3.63, 3.8) is 0 Å². The summed E-state index contributed by atoms with van der Waals surface area (Å²) in [4.78, 5) is 4.81. The number of halogens is 3. The number of rotatable bonds is 1. The van der Waals surface area contributed by atoms with E-state index in [4.69, 9.17) is 0 Å². The number of nitrogens with zero attached hydrogens (tertiary/aromatic N) is 2. The second-order valence-electron chi connectivity index (χ2n) is 8.69. The predicted molar refractivity (Wildman–Crippen MR) is 95.9 cm³/mol. The summed E-state index contributed by atoms with van der Waals surface area (Å²) in [5, 5.41) is 0. The average Bonchev–Trinajstić information content (AvgIpc) is 2.54. The second kappa shape index (κ2) is 6.49. The molecule has 0 amide bonds. The fourth-order valence-corrected chi connectivity index (χ4v) is 4.25. The van der Waals surface area contributed by atoms with Crippen molar-refractivity contribution in [3.8, 4) is 0 Å². The quantitative estimate of drug-likeness (QED) is 0.685. The van der Waals surface area contributed by atoms with Crippen molar-refractivity contribution in [1.29, 1.82) is 0 Å². The molecule has 2 saturated heterocycles. The van der Waals surface area contributed by atoms with Crippen LogP contribution >= 0.6 is 0 Å². The zero-order valence-electron chi connectivity index (χ0n) is 15.5. The van der Waals surface area contributed by atoms with E-state index in [9.17, 15) is 13.2 Å². The van der Waals surface area contributed by atoms with Crippen molar-refractivity contribution >= 4 is 5.69 Å². The van der Waals surface area contributed by atoms with Gasteiger partial charge in [-0.3, -0.25) is 4.90 Å². The first-order valence-corrected chi connectivity index (χ1v) is 9.26. The minimum Gasteiger partial charge on any atom is -0.371 e. The van der Waals surface area contributed by atoms with Crippen LogP contribution in [-0.4, -0.2) is 36.6 Å². The Balaban J connectivity index is 1.57. The van der Waals surface area contributed by atoms with Crippen LogP contribution in [0.5, 0.6) is 0 Å². The molecule has 0 bridgehead atoms. The number of alkyl halides is 3. The van der Waals surface area contributed by atoms with Gasteiger partial charge in [0.15, 0.2) is 0 Å². The van der Waals surface area contributed by atoms with Gasteiger partial charge in [0.05, 0.1) is 5.56 Å². The van der Waals surface area contributed by atoms with Crippen LogP contribution in [0, 0.1) is 5.41 Å². The fraction of sp³-hybridized carbons (Fsp3) is 0.700. The van der Waals surface area contributed by atoms with Crippen LogP contribution in [0.1, 0.15) is 52.0 Å². The van der Waals surface area contributed by atoms with Crippen molar-refractivity contribution < 1.29 is 13.2 Å². The molecule has 0 aliphatic carbocycles. The molecule has 0 saturated carbocycles. The Morgan fingerprint density at radius 1 is 0.800 bits per heavy atom. The van der Waals surface area contributed by atoms with Gasteiger partial charge >= 0.3 is 6.18 Å². The van der Waals surface area contributed by atoms with Gasteiger partial charge in [0.2, 0.25) is 0 Å². The van der Waals surface area contributed by atoms with Gasteiger partial charge in [0.25, 0.3) is 0 Å². The summed E-state index contributed by atoms with van der Waals surface area (Å²) in [6.45, 7) is 11.0. The van der Waals surface area contributed by atoms with Crippen LogP contribution in [0.2, 0.25) is 0 Å². The zero-order valence-corrected chi connectivity index (χ0v) is 15.5. The van der Waals surface area contributed by atoms with Crippen molar-refractivity contribution in [1.82, 2.24) is 4.90 Å². The van der Waals surface area contributed by atoms with Gasteiger partial charge in [-0.2, -0.15) is 13.2 Å². The lowest BCUT2D eigenvalue weighted by Crippen LogP contribution is -2.51. The molecule has 1 aromatic carbocycles. The predicted octanol–water partition coefficient (Wildman–Crippen LogP) is 5.19. The van der Waals surface area contributed by atoms with E-state index in [-0.39, 0.29) is 5.54 Å². The summed E-state index contributed by atoms with van der Waals surface area (Å²) < 4.78 is 38.1. The average molecular weight is 354 g/mol. The molecule has 2 aliphatic heterocycles. The third-order valence-corrected chi connectivity index (χ3v) is 6.16. The standard InChI is InChI=1S/C20H29F3N2/c1-18(2,3)25-14-10-19(11-15-25)8-12-24(13-9-19)17-6-4-16(5-7-17)20(21,22)23/h4-7H,8-15H2,1-3H3. The molecule has 5 heteroatoms. The maximum absolute atomic E-state index is 12.7. The van der Waals surface area contributed by atoms with Gasteiger partial charge in [-0.25, -0.2) is 0 Å². The smallest absolute Gasteiger partial charge is 0.371 e. The third-order valence-electron chi connectivity index (χ3n) is 6.16. The second-order valence-corrected chi connectivity index (χ2v) is 8.69. The van der Waals surface area contributed by atoms with Crippen LogP contribution in [-0.2, 0) is 6.18 Å². The molecule has 1 spiro atoms. The lowest BCUT2D eigenvalue weighted by atomic mass is 9.70. The number of hydrogen-bond donors (Lipinski definition) is 0. The Morgan fingerprint density at radius 2 is 1.28 bits per heavy atom. The molecule has 2 fully saturated rings. The summed E-state index contributed by atoms with van der Waals surface area (Å²) in [6.07, 6.45) is 0.514. The molecule has 0 N–H and O–H groups in total. The van der Waals surface area contributed by atoms with E-state index >= 15 is 0 Å². The highest BCUT2D eigenvalue weighted by molar-refractivity contribution is 5.48. The van der Waals surface area contributed by atoms with Crippen molar-refractivity contribution in [2.45, 2.75) is 58.2 Å². The van der Waals surface area contributed by atoms with E-state index in [1.54, 1.807) is 12.1 Å². The molecule has 140 valence electrons. The van der Waals surface area contributed by atoms with Crippen LogP contribution in [0.25, 0.3) is 0 Å². The summed E-state index contributed by atoms with van der Waals surface area (Å²) in [5.74, 6) is 0. The van der Waals surface area contributed by atoms with Gasteiger partial charge in [-0.05, 0) is 89.2 Å². The summed E-state index contributed by atoms with van der Waals surface area (Å²) in [5.41, 5.74) is 1.02. The van der Waals surface area contributed by atoms with Crippen molar-refractivity contribution in [2.75, 3.05) is 31.1 Å². The molecule has 3 rings (SSSR count). The molecular weight excluding hydrogens is 325 g/mol. The monoisotopic (exact) mass is 354 g/mol. The molecule has 0 radical (unpaired) electrons. The van der Waals surface area contributed by atoms with E-state index < -0.39 is 11.7 Å². The summed E-state index contributed by atoms with van der Waals surface area (Å²) >= 11 is 0. The highest BCUT2D eigenvalue weighted by atomic mass is 19.4. The molecule has 0 aromatic heterocycles. The molecule has 1 aromatic rings. The molecule has 0 atom stereocenters. The van der Waals surface area contributed by atoms with Gasteiger partial charge in [0, 0.05) is 24.3 Å². The summed E-state index contributed by atoms with van der Waals surface area (Å²) in [7, 11) is 0. The fourth-order valence-electron chi connectivity index (χ4n) is 4.25. The van der Waals surface area contributed by atoms with Crippen molar-refractivity contribution in [3.05, 3.63) is 29.8 Å². The van der Waals surface area contributed by atoms with Crippen LogP contribution in [0.3, 0.4) is 0 Å². The van der Waals surface area contributed by atoms with E-state index in [1.807, 2.05) is 0 Å². The molecule has 25 heavy (non-hydrogen) atoms. The Bertz CT molecular complexity index is 568. The van der Waals surface area contributed by atoms with Crippen LogP contribution in [0.15, 0.2) is 24.3 Å². The topological polar surface area (TPSA) is 6.48 Å². The first-order chi connectivity index (χ1) is 11.6. The van der Waals surface area contributed by atoms with E-state index in [2.05, 4.69) is 30.6 Å². The Hall–Kier alpha value is -1.23. The maximum Gasteiger partial charge on any atom is 0.416 e. The van der Waals surface area contributed by atoms with Crippen LogP contribution < -0.4 is 4.90 Å². The lowest BCUT2D eigenvalue weighted by molar-refractivity contribution is -0.137. The van der Waals surface area contributed by atoms with Gasteiger partial charge in [-0.1, -0.05) is 0 Å². The SMILES string of the molecule is CC(C)(C)N1CCC2(CCN(c3ccc(C(F)(F)F)cc3)CC2)CC1. The Morgan fingerprint density at radius 3 is 1.72 bits per heavy atom. The van der Waals surface area contributed by atoms with E-state index in [1.165, 1.54) is 25.0 Å².